The van der Waals surface area contributed by atoms with Crippen molar-refractivity contribution in [2.45, 2.75) is 38.6 Å². The second-order valence-electron chi connectivity index (χ2n) is 7.45. The number of hydrogen-bond donors (Lipinski definition) is 1. The molecule has 2 fully saturated rings. The molecule has 1 atom stereocenters. The van der Waals surface area contributed by atoms with E-state index in [0.29, 0.717) is 21.8 Å². The molecule has 0 unspecified atom stereocenters. The summed E-state index contributed by atoms with van der Waals surface area (Å²) in [6.07, 6.45) is 4.70. The zero-order chi connectivity index (χ0) is 19.0. The Morgan fingerprint density at radius 3 is 2.48 bits per heavy atom. The lowest BCUT2D eigenvalue weighted by atomic mass is 9.93. The highest BCUT2D eigenvalue weighted by Gasteiger charge is 2.45. The summed E-state index contributed by atoms with van der Waals surface area (Å²) < 4.78 is 5.04. The van der Waals surface area contributed by atoms with E-state index in [1.807, 2.05) is 4.90 Å². The number of rotatable bonds is 4. The molecule has 1 N–H and O–H groups in total. The first-order chi connectivity index (χ1) is 13.0. The fraction of sp³-hybridized carbons (Fsp3) is 0.474. The van der Waals surface area contributed by atoms with Gasteiger partial charge in [-0.15, -0.1) is 0 Å². The van der Waals surface area contributed by atoms with Gasteiger partial charge in [0.1, 0.15) is 6.04 Å². The van der Waals surface area contributed by atoms with Crippen molar-refractivity contribution in [1.29, 1.82) is 0 Å². The molecule has 2 aromatic rings. The Labute approximate surface area is 162 Å². The molecule has 0 radical (unpaired) electrons. The van der Waals surface area contributed by atoms with E-state index in [4.69, 9.17) is 16.1 Å². The van der Waals surface area contributed by atoms with Crippen LogP contribution in [0.1, 0.15) is 43.3 Å². The molecular formula is C19H21ClN4O3. The Balaban J connectivity index is 1.35. The molecule has 7 nitrogen and oxygen atoms in total. The molecule has 27 heavy (non-hydrogen) atoms. The lowest BCUT2D eigenvalue weighted by Crippen LogP contribution is -2.49. The molecule has 8 heteroatoms. The van der Waals surface area contributed by atoms with Gasteiger partial charge in [0.25, 0.3) is 0 Å². The first-order valence-electron chi connectivity index (χ1n) is 9.15. The highest BCUT2D eigenvalue weighted by atomic mass is 35.5. The molecule has 1 spiro atoms. The molecule has 142 valence electrons. The molecular weight excluding hydrogens is 368 g/mol. The molecule has 2 heterocycles. The predicted octanol–water partition coefficient (Wildman–Crippen LogP) is 2.91. The molecule has 1 aromatic heterocycles. The zero-order valence-corrected chi connectivity index (χ0v) is 15.8. The summed E-state index contributed by atoms with van der Waals surface area (Å²) in [5, 5.41) is 7.07. The van der Waals surface area contributed by atoms with Crippen LogP contribution in [0, 0.1) is 5.41 Å². The van der Waals surface area contributed by atoms with E-state index in [0.717, 1.165) is 25.9 Å². The van der Waals surface area contributed by atoms with Crippen molar-refractivity contribution < 1.29 is 14.1 Å². The summed E-state index contributed by atoms with van der Waals surface area (Å²) in [6, 6.07) is 6.25. The van der Waals surface area contributed by atoms with Crippen molar-refractivity contribution in [1.82, 2.24) is 20.4 Å². The van der Waals surface area contributed by atoms with E-state index >= 15 is 0 Å². The SMILES string of the molecule is C[C@H](NC(=O)c1nc(-c2ccc(Cl)cc2)no1)C(=O)N1CCC2(CC1)CC2. The molecule has 1 aromatic carbocycles. The molecule has 1 saturated heterocycles. The van der Waals surface area contributed by atoms with Crippen LogP contribution in [0.25, 0.3) is 11.4 Å². The van der Waals surface area contributed by atoms with Crippen LogP contribution in [-0.2, 0) is 4.79 Å². The number of carbonyl (C=O) groups excluding carboxylic acids is 2. The third-order valence-corrected chi connectivity index (χ3v) is 5.79. The second kappa shape index (κ2) is 6.96. The highest BCUT2D eigenvalue weighted by Crippen LogP contribution is 2.53. The van der Waals surface area contributed by atoms with Gasteiger partial charge in [0, 0.05) is 23.7 Å². The third kappa shape index (κ3) is 3.83. The number of nitrogens with one attached hydrogen (secondary N) is 1. The second-order valence-corrected chi connectivity index (χ2v) is 7.89. The van der Waals surface area contributed by atoms with E-state index in [-0.39, 0.29) is 11.8 Å². The van der Waals surface area contributed by atoms with E-state index < -0.39 is 11.9 Å². The van der Waals surface area contributed by atoms with Crippen molar-refractivity contribution in [3.05, 3.63) is 35.2 Å². The summed E-state index contributed by atoms with van der Waals surface area (Å²) in [5.74, 6) is -0.507. The van der Waals surface area contributed by atoms with Gasteiger partial charge >= 0.3 is 11.8 Å². The standard InChI is InChI=1S/C19H21ClN4O3/c1-12(18(26)24-10-8-19(6-7-19)9-11-24)21-16(25)17-22-15(23-27-17)13-2-4-14(20)5-3-13/h2-5,12H,6-11H2,1H3,(H,21,25)/t12-/m0/s1. The molecule has 2 amide bonds. The van der Waals surface area contributed by atoms with Gasteiger partial charge < -0.3 is 14.7 Å². The zero-order valence-electron chi connectivity index (χ0n) is 15.1. The smallest absolute Gasteiger partial charge is 0.316 e. The number of amides is 2. The average Bonchev–Trinajstić information content (AvgIpc) is 3.23. The van der Waals surface area contributed by atoms with Crippen molar-refractivity contribution in [2.75, 3.05) is 13.1 Å². The third-order valence-electron chi connectivity index (χ3n) is 5.53. The van der Waals surface area contributed by atoms with Crippen molar-refractivity contribution in [3.63, 3.8) is 0 Å². The maximum absolute atomic E-state index is 12.6. The van der Waals surface area contributed by atoms with Crippen LogP contribution in [0.4, 0.5) is 0 Å². The molecule has 4 rings (SSSR count). The lowest BCUT2D eigenvalue weighted by Gasteiger charge is -2.33. The van der Waals surface area contributed by atoms with E-state index in [1.54, 1.807) is 31.2 Å². The molecule has 1 aliphatic heterocycles. The largest absolute Gasteiger partial charge is 0.341 e. The first-order valence-corrected chi connectivity index (χ1v) is 9.53. The minimum absolute atomic E-state index is 0.0729. The van der Waals surface area contributed by atoms with Crippen LogP contribution < -0.4 is 5.32 Å². The van der Waals surface area contributed by atoms with Crippen LogP contribution in [0.3, 0.4) is 0 Å². The van der Waals surface area contributed by atoms with Gasteiger partial charge in [-0.3, -0.25) is 9.59 Å². The van der Waals surface area contributed by atoms with E-state index in [1.165, 1.54) is 12.8 Å². The number of benzene rings is 1. The first kappa shape index (κ1) is 18.0. The highest BCUT2D eigenvalue weighted by molar-refractivity contribution is 6.30. The number of carbonyl (C=O) groups is 2. The molecule has 1 aliphatic carbocycles. The number of likely N-dealkylation sites (tertiary alicyclic amines) is 1. The van der Waals surface area contributed by atoms with Gasteiger partial charge in [-0.05, 0) is 62.3 Å². The predicted molar refractivity (Wildman–Crippen MR) is 99.2 cm³/mol. The fourth-order valence-electron chi connectivity index (χ4n) is 3.50. The summed E-state index contributed by atoms with van der Waals surface area (Å²) in [6.45, 7) is 3.21. The summed E-state index contributed by atoms with van der Waals surface area (Å²) in [5.41, 5.74) is 1.19. The van der Waals surface area contributed by atoms with Crippen LogP contribution >= 0.6 is 11.6 Å². The van der Waals surface area contributed by atoms with Gasteiger partial charge in [-0.1, -0.05) is 16.8 Å². The average molecular weight is 389 g/mol. The summed E-state index contributed by atoms with van der Waals surface area (Å²) in [7, 11) is 0. The minimum Gasteiger partial charge on any atom is -0.341 e. The fourth-order valence-corrected chi connectivity index (χ4v) is 3.63. The lowest BCUT2D eigenvalue weighted by molar-refractivity contribution is -0.134. The Kier molecular flexibility index (Phi) is 4.63. The number of piperidine rings is 1. The Morgan fingerprint density at radius 1 is 1.19 bits per heavy atom. The van der Waals surface area contributed by atoms with Crippen molar-refractivity contribution >= 4 is 23.4 Å². The van der Waals surface area contributed by atoms with E-state index in [9.17, 15) is 9.59 Å². The maximum Gasteiger partial charge on any atom is 0.316 e. The van der Waals surface area contributed by atoms with Crippen molar-refractivity contribution in [2.24, 2.45) is 5.41 Å². The monoisotopic (exact) mass is 388 g/mol. The number of nitrogens with zero attached hydrogens (tertiary/aromatic N) is 3. The Bertz CT molecular complexity index is 850. The van der Waals surface area contributed by atoms with Gasteiger partial charge in [0.2, 0.25) is 11.7 Å². The van der Waals surface area contributed by atoms with Gasteiger partial charge in [0.05, 0.1) is 0 Å². The topological polar surface area (TPSA) is 88.3 Å². The normalized spacial score (nSPS) is 19.0. The number of aromatic nitrogens is 2. The van der Waals surface area contributed by atoms with E-state index in [2.05, 4.69) is 15.5 Å². The molecule has 2 aliphatic rings. The Hall–Kier alpha value is -2.41. The van der Waals surface area contributed by atoms with Crippen molar-refractivity contribution in [3.8, 4) is 11.4 Å². The van der Waals surface area contributed by atoms with Crippen LogP contribution in [-0.4, -0.2) is 46.0 Å². The number of hydrogen-bond acceptors (Lipinski definition) is 5. The van der Waals surface area contributed by atoms with Gasteiger partial charge in [-0.25, -0.2) is 0 Å². The van der Waals surface area contributed by atoms with Gasteiger partial charge in [-0.2, -0.15) is 4.98 Å². The van der Waals surface area contributed by atoms with Crippen LogP contribution in [0.5, 0.6) is 0 Å². The molecule has 0 bridgehead atoms. The summed E-state index contributed by atoms with van der Waals surface area (Å²) >= 11 is 5.86. The van der Waals surface area contributed by atoms with Crippen LogP contribution in [0.2, 0.25) is 5.02 Å². The molecule has 1 saturated carbocycles. The maximum atomic E-state index is 12.6. The Morgan fingerprint density at radius 2 is 1.85 bits per heavy atom. The van der Waals surface area contributed by atoms with Gasteiger partial charge in [0.15, 0.2) is 0 Å². The number of halogens is 1. The summed E-state index contributed by atoms with van der Waals surface area (Å²) in [4.78, 5) is 30.9. The van der Waals surface area contributed by atoms with Crippen LogP contribution in [0.15, 0.2) is 28.8 Å². The quantitative estimate of drug-likeness (QED) is 0.869. The minimum atomic E-state index is -0.642.